The lowest BCUT2D eigenvalue weighted by Crippen LogP contribution is -2.34. The Labute approximate surface area is 158 Å². The van der Waals surface area contributed by atoms with Gasteiger partial charge in [-0.25, -0.2) is 4.98 Å². The molecule has 27 heavy (non-hydrogen) atoms. The van der Waals surface area contributed by atoms with Crippen LogP contribution in [0.1, 0.15) is 31.0 Å². The van der Waals surface area contributed by atoms with Crippen molar-refractivity contribution < 1.29 is 14.3 Å². The third-order valence-corrected chi connectivity index (χ3v) is 5.20. The number of imidazole rings is 1. The average molecular weight is 368 g/mol. The lowest BCUT2D eigenvalue weighted by Gasteiger charge is -2.17. The van der Waals surface area contributed by atoms with Crippen LogP contribution < -0.4 is 15.0 Å². The minimum atomic E-state index is -0.325. The van der Waals surface area contributed by atoms with Crippen molar-refractivity contribution in [2.45, 2.75) is 31.7 Å². The number of aromatic nitrogens is 2. The van der Waals surface area contributed by atoms with Gasteiger partial charge in [-0.1, -0.05) is 6.07 Å². The molecule has 2 aliphatic rings. The highest BCUT2D eigenvalue weighted by Gasteiger charge is 2.35. The normalized spacial score (nSPS) is 19.4. The molecule has 7 heteroatoms. The average Bonchev–Trinajstić information content (AvgIpc) is 3.29. The van der Waals surface area contributed by atoms with Gasteiger partial charge in [0.2, 0.25) is 11.8 Å². The molecule has 1 N–H and O–H groups in total. The van der Waals surface area contributed by atoms with Crippen LogP contribution in [0.2, 0.25) is 0 Å². The van der Waals surface area contributed by atoms with Crippen LogP contribution in [0.25, 0.3) is 0 Å². The summed E-state index contributed by atoms with van der Waals surface area (Å²) in [5.74, 6) is 1.97. The monoisotopic (exact) mass is 368 g/mol. The van der Waals surface area contributed by atoms with Crippen molar-refractivity contribution in [3.63, 3.8) is 0 Å². The summed E-state index contributed by atoms with van der Waals surface area (Å²) in [6.45, 7) is 1.65. The maximum Gasteiger partial charge on any atom is 0.227 e. The van der Waals surface area contributed by atoms with Gasteiger partial charge in [-0.05, 0) is 25.0 Å². The number of carbonyl (C=O) groups is 2. The van der Waals surface area contributed by atoms with Gasteiger partial charge in [-0.3, -0.25) is 9.59 Å². The second-order valence-corrected chi connectivity index (χ2v) is 7.15. The van der Waals surface area contributed by atoms with E-state index in [1.54, 1.807) is 12.0 Å². The number of amides is 2. The van der Waals surface area contributed by atoms with Crippen LogP contribution in [-0.2, 0) is 16.1 Å². The molecule has 2 fully saturated rings. The number of nitrogens with zero attached hydrogens (tertiary/aromatic N) is 3. The number of nitrogens with one attached hydrogen (secondary N) is 1. The summed E-state index contributed by atoms with van der Waals surface area (Å²) in [5.41, 5.74) is 0.766. The van der Waals surface area contributed by atoms with E-state index in [4.69, 9.17) is 4.74 Å². The highest BCUT2D eigenvalue weighted by Crippen LogP contribution is 2.38. The van der Waals surface area contributed by atoms with Crippen LogP contribution in [-0.4, -0.2) is 41.6 Å². The van der Waals surface area contributed by atoms with Gasteiger partial charge < -0.3 is 19.5 Å². The summed E-state index contributed by atoms with van der Waals surface area (Å²) in [6, 6.07) is 7.35. The van der Waals surface area contributed by atoms with E-state index in [1.807, 2.05) is 36.7 Å². The van der Waals surface area contributed by atoms with Gasteiger partial charge in [0.05, 0.1) is 13.0 Å². The summed E-state index contributed by atoms with van der Waals surface area (Å²) in [4.78, 5) is 31.0. The molecule has 2 heterocycles. The number of rotatable bonds is 7. The fourth-order valence-corrected chi connectivity index (χ4v) is 3.57. The third-order valence-electron chi connectivity index (χ3n) is 5.20. The van der Waals surface area contributed by atoms with Crippen molar-refractivity contribution in [1.29, 1.82) is 0 Å². The molecule has 1 saturated heterocycles. The molecule has 1 aliphatic heterocycles. The van der Waals surface area contributed by atoms with Gasteiger partial charge in [0.25, 0.3) is 0 Å². The number of ether oxygens (including phenoxy) is 1. The molecule has 2 aromatic rings. The molecule has 0 radical (unpaired) electrons. The first kappa shape index (κ1) is 17.6. The summed E-state index contributed by atoms with van der Waals surface area (Å²) >= 11 is 0. The molecular weight excluding hydrogens is 344 g/mol. The van der Waals surface area contributed by atoms with E-state index in [-0.39, 0.29) is 24.2 Å². The molecule has 1 aromatic carbocycles. The maximum absolute atomic E-state index is 12.5. The Morgan fingerprint density at radius 2 is 2.22 bits per heavy atom. The molecule has 1 aliphatic carbocycles. The van der Waals surface area contributed by atoms with E-state index >= 15 is 0 Å². The summed E-state index contributed by atoms with van der Waals surface area (Å²) in [5, 5.41) is 2.97. The van der Waals surface area contributed by atoms with Crippen molar-refractivity contribution >= 4 is 17.5 Å². The first-order valence-corrected chi connectivity index (χ1v) is 9.39. The molecule has 1 atom stereocenters. The summed E-state index contributed by atoms with van der Waals surface area (Å²) < 4.78 is 7.33. The fraction of sp³-hybridized carbons (Fsp3) is 0.450. The van der Waals surface area contributed by atoms with Crippen molar-refractivity contribution in [3.05, 3.63) is 42.5 Å². The molecule has 1 saturated carbocycles. The Balaban J connectivity index is 1.31. The maximum atomic E-state index is 12.5. The topological polar surface area (TPSA) is 76.5 Å². The number of hydrogen-bond acceptors (Lipinski definition) is 4. The number of hydrogen-bond donors (Lipinski definition) is 1. The van der Waals surface area contributed by atoms with Gasteiger partial charge in [0.15, 0.2) is 0 Å². The van der Waals surface area contributed by atoms with Crippen LogP contribution >= 0.6 is 0 Å². The predicted molar refractivity (Wildman–Crippen MR) is 101 cm³/mol. The van der Waals surface area contributed by atoms with Crippen LogP contribution in [0.15, 0.2) is 36.7 Å². The molecule has 0 bridgehead atoms. The zero-order valence-electron chi connectivity index (χ0n) is 15.4. The lowest BCUT2D eigenvalue weighted by molar-refractivity contribution is -0.126. The van der Waals surface area contributed by atoms with E-state index in [9.17, 15) is 9.59 Å². The molecule has 1 unspecified atom stereocenters. The molecular formula is C20H24N4O3. The van der Waals surface area contributed by atoms with Crippen LogP contribution in [0, 0.1) is 5.92 Å². The predicted octanol–water partition coefficient (Wildman–Crippen LogP) is 1.94. The van der Waals surface area contributed by atoms with Crippen molar-refractivity contribution in [2.75, 3.05) is 25.1 Å². The Kier molecular flexibility index (Phi) is 4.83. The molecule has 142 valence electrons. The number of carbonyl (C=O) groups excluding carboxylic acids is 2. The Bertz CT molecular complexity index is 843. The van der Waals surface area contributed by atoms with Crippen molar-refractivity contribution in [2.24, 2.45) is 5.92 Å². The molecule has 7 nitrogen and oxygen atoms in total. The highest BCUT2D eigenvalue weighted by atomic mass is 16.5. The van der Waals surface area contributed by atoms with E-state index < -0.39 is 0 Å². The van der Waals surface area contributed by atoms with Gasteiger partial charge in [-0.2, -0.15) is 0 Å². The van der Waals surface area contributed by atoms with E-state index in [0.29, 0.717) is 31.3 Å². The second-order valence-electron chi connectivity index (χ2n) is 7.15. The Morgan fingerprint density at radius 1 is 1.37 bits per heavy atom. The minimum absolute atomic E-state index is 0.0333. The van der Waals surface area contributed by atoms with E-state index in [2.05, 4.69) is 14.9 Å². The standard InChI is InChI=1S/C20H24N4O3/c1-27-17-4-2-3-16(12-17)24-13-15(11-18(24)25)20(26)22-8-10-23-9-7-21-19(23)14-5-6-14/h2-4,7,9,12,14-15H,5-6,8,10-11,13H2,1H3,(H,22,26). The van der Waals surface area contributed by atoms with Gasteiger partial charge in [0, 0.05) is 56.1 Å². The lowest BCUT2D eigenvalue weighted by atomic mass is 10.1. The third kappa shape index (κ3) is 3.82. The summed E-state index contributed by atoms with van der Waals surface area (Å²) in [7, 11) is 1.59. The molecule has 0 spiro atoms. The van der Waals surface area contributed by atoms with Gasteiger partial charge >= 0.3 is 0 Å². The zero-order valence-corrected chi connectivity index (χ0v) is 15.4. The van der Waals surface area contributed by atoms with Crippen molar-refractivity contribution in [1.82, 2.24) is 14.9 Å². The minimum Gasteiger partial charge on any atom is -0.497 e. The van der Waals surface area contributed by atoms with Crippen LogP contribution in [0.5, 0.6) is 5.75 Å². The SMILES string of the molecule is COc1cccc(N2CC(C(=O)NCCn3ccnc3C3CC3)CC2=O)c1. The van der Waals surface area contributed by atoms with Gasteiger partial charge in [0.1, 0.15) is 11.6 Å². The van der Waals surface area contributed by atoms with Crippen LogP contribution in [0.3, 0.4) is 0 Å². The second kappa shape index (κ2) is 7.42. The largest absolute Gasteiger partial charge is 0.497 e. The molecule has 1 aromatic heterocycles. The van der Waals surface area contributed by atoms with Crippen molar-refractivity contribution in [3.8, 4) is 5.75 Å². The highest BCUT2D eigenvalue weighted by molar-refractivity contribution is 6.00. The summed E-state index contributed by atoms with van der Waals surface area (Å²) in [6.07, 6.45) is 6.42. The molecule has 2 amide bonds. The van der Waals surface area contributed by atoms with Gasteiger partial charge in [-0.15, -0.1) is 0 Å². The number of benzene rings is 1. The Morgan fingerprint density at radius 3 is 3.00 bits per heavy atom. The van der Waals surface area contributed by atoms with E-state index in [1.165, 1.54) is 12.8 Å². The zero-order chi connectivity index (χ0) is 18.8. The quantitative estimate of drug-likeness (QED) is 0.810. The first-order chi connectivity index (χ1) is 13.2. The Hall–Kier alpha value is -2.83. The number of anilines is 1. The fourth-order valence-electron chi connectivity index (χ4n) is 3.57. The first-order valence-electron chi connectivity index (χ1n) is 9.39. The number of methoxy groups -OCH3 is 1. The molecule has 4 rings (SSSR count). The van der Waals surface area contributed by atoms with E-state index in [0.717, 1.165) is 11.5 Å². The smallest absolute Gasteiger partial charge is 0.227 e. The van der Waals surface area contributed by atoms with Crippen LogP contribution in [0.4, 0.5) is 5.69 Å².